The van der Waals surface area contributed by atoms with Crippen molar-refractivity contribution in [3.05, 3.63) is 71.4 Å². The molecule has 0 radical (unpaired) electrons. The zero-order valence-corrected chi connectivity index (χ0v) is 19.4. The van der Waals surface area contributed by atoms with Crippen molar-refractivity contribution in [2.75, 3.05) is 15.8 Å². The third kappa shape index (κ3) is 4.73. The number of para-hydroxylation sites is 1. The number of benzene rings is 2. The Labute approximate surface area is 192 Å². The quantitative estimate of drug-likeness (QED) is 0.518. The number of sulfonamides is 1. The first-order valence-electron chi connectivity index (χ1n) is 10.4. The van der Waals surface area contributed by atoms with E-state index in [0.29, 0.717) is 17.7 Å². The molecule has 0 bridgehead atoms. The van der Waals surface area contributed by atoms with Gasteiger partial charge in [-0.25, -0.2) is 13.8 Å². The lowest BCUT2D eigenvalue weighted by Gasteiger charge is -2.22. The summed E-state index contributed by atoms with van der Waals surface area (Å²) in [5.74, 6) is -0.183. The molecular formula is C23H24N4O3S2. The number of amides is 1. The molecule has 32 heavy (non-hydrogen) atoms. The molecule has 2 aromatic rings. The lowest BCUT2D eigenvalue weighted by molar-refractivity contribution is -0.116. The Morgan fingerprint density at radius 1 is 1.06 bits per heavy atom. The van der Waals surface area contributed by atoms with Gasteiger partial charge in [0.15, 0.2) is 0 Å². The Morgan fingerprint density at radius 3 is 2.53 bits per heavy atom. The summed E-state index contributed by atoms with van der Waals surface area (Å²) in [6.45, 7) is 3.65. The molecule has 0 unspecified atom stereocenters. The number of nitrogens with zero attached hydrogens (tertiary/aromatic N) is 1. The van der Waals surface area contributed by atoms with Gasteiger partial charge in [-0.05, 0) is 49.8 Å². The van der Waals surface area contributed by atoms with Gasteiger partial charge in [0.1, 0.15) is 0 Å². The van der Waals surface area contributed by atoms with E-state index in [1.54, 1.807) is 30.8 Å². The molecular weight excluding hydrogens is 444 g/mol. The number of hydrogen-bond donors (Lipinski definition) is 3. The van der Waals surface area contributed by atoms with Crippen LogP contribution in [0.1, 0.15) is 32.3 Å². The van der Waals surface area contributed by atoms with Crippen LogP contribution in [-0.4, -0.2) is 25.8 Å². The topological polar surface area (TPSA) is 99.7 Å². The van der Waals surface area contributed by atoms with E-state index in [0.717, 1.165) is 38.9 Å². The highest BCUT2D eigenvalue weighted by molar-refractivity contribution is 8.08. The Hall–Kier alpha value is -3.04. The fourth-order valence-electron chi connectivity index (χ4n) is 3.44. The van der Waals surface area contributed by atoms with Crippen LogP contribution in [0.5, 0.6) is 0 Å². The maximum atomic E-state index is 12.5. The summed E-state index contributed by atoms with van der Waals surface area (Å²) in [5.41, 5.74) is 7.11. The van der Waals surface area contributed by atoms with Crippen molar-refractivity contribution in [3.8, 4) is 0 Å². The molecule has 1 amide bonds. The highest BCUT2D eigenvalue weighted by Crippen LogP contribution is 2.42. The summed E-state index contributed by atoms with van der Waals surface area (Å²) >= 11 is 1.56. The predicted molar refractivity (Wildman–Crippen MR) is 131 cm³/mol. The molecule has 0 saturated heterocycles. The van der Waals surface area contributed by atoms with Gasteiger partial charge >= 0.3 is 0 Å². The van der Waals surface area contributed by atoms with Crippen molar-refractivity contribution in [1.82, 2.24) is 5.43 Å². The van der Waals surface area contributed by atoms with Crippen LogP contribution < -0.4 is 15.5 Å². The molecule has 4 rings (SSSR count). The molecule has 0 aliphatic carbocycles. The first-order valence-corrected chi connectivity index (χ1v) is 12.8. The number of carbonyl (C=O) groups excluding carboxylic acids is 1. The standard InChI is InChI=1S/C23H24N4O3S2/c1-3-7-19-22(23(28)26-25-19)20-14-21(17-8-5-6-9-18(17)24-20)31-16-12-10-15(11-13-16)27-32(29,30)4-2/h5-6,8-14,24,27H,3-4,7H2,1-2H3,(H,26,28). The lowest BCUT2D eigenvalue weighted by atomic mass is 10.0. The highest BCUT2D eigenvalue weighted by atomic mass is 32.2. The van der Waals surface area contributed by atoms with E-state index in [1.165, 1.54) is 0 Å². The van der Waals surface area contributed by atoms with E-state index in [2.05, 4.69) is 27.5 Å². The summed E-state index contributed by atoms with van der Waals surface area (Å²) in [7, 11) is -3.32. The summed E-state index contributed by atoms with van der Waals surface area (Å²) in [4.78, 5) is 14.4. The minimum absolute atomic E-state index is 0.0223. The first kappa shape index (κ1) is 22.2. The summed E-state index contributed by atoms with van der Waals surface area (Å²) in [5, 5.41) is 7.59. The van der Waals surface area contributed by atoms with Crippen molar-refractivity contribution < 1.29 is 13.2 Å². The number of carbonyl (C=O) groups is 1. The van der Waals surface area contributed by atoms with E-state index in [4.69, 9.17) is 0 Å². The van der Waals surface area contributed by atoms with E-state index in [9.17, 15) is 13.2 Å². The summed E-state index contributed by atoms with van der Waals surface area (Å²) < 4.78 is 26.1. The number of thioether (sulfide) groups is 1. The second kappa shape index (κ2) is 9.22. The van der Waals surface area contributed by atoms with Gasteiger partial charge in [-0.1, -0.05) is 43.3 Å². The SMILES string of the molecule is CCCC1=NNC(=O)C1=C1C=C(Sc2ccc(NS(=O)(=O)CC)cc2)c2ccccc2N1. The third-order valence-electron chi connectivity index (χ3n) is 5.04. The zero-order valence-electron chi connectivity index (χ0n) is 17.8. The Balaban J connectivity index is 1.68. The second-order valence-electron chi connectivity index (χ2n) is 7.35. The fraction of sp³-hybridized carbons (Fsp3) is 0.217. The predicted octanol–water partition coefficient (Wildman–Crippen LogP) is 4.55. The van der Waals surface area contributed by atoms with Gasteiger partial charge in [0.2, 0.25) is 10.0 Å². The van der Waals surface area contributed by atoms with Gasteiger partial charge in [-0.3, -0.25) is 9.52 Å². The number of anilines is 2. The van der Waals surface area contributed by atoms with Crippen molar-refractivity contribution >= 4 is 49.7 Å². The van der Waals surface area contributed by atoms with Gasteiger partial charge in [0.25, 0.3) is 5.91 Å². The molecule has 3 N–H and O–H groups in total. The van der Waals surface area contributed by atoms with Crippen LogP contribution in [-0.2, 0) is 14.8 Å². The normalized spacial score (nSPS) is 17.8. The molecule has 0 atom stereocenters. The molecule has 2 heterocycles. The molecule has 9 heteroatoms. The summed E-state index contributed by atoms with van der Waals surface area (Å²) in [6, 6.07) is 15.2. The van der Waals surface area contributed by atoms with Gasteiger partial charge in [-0.2, -0.15) is 5.10 Å². The smallest absolute Gasteiger partial charge is 0.275 e. The van der Waals surface area contributed by atoms with E-state index in [-0.39, 0.29) is 11.7 Å². The van der Waals surface area contributed by atoms with Crippen LogP contribution in [0.15, 0.2) is 75.9 Å². The van der Waals surface area contributed by atoms with Crippen molar-refractivity contribution in [3.63, 3.8) is 0 Å². The number of fused-ring (bicyclic) bond motifs is 1. The first-order chi connectivity index (χ1) is 15.4. The van der Waals surface area contributed by atoms with Gasteiger partial charge in [0, 0.05) is 26.7 Å². The second-order valence-corrected chi connectivity index (χ2v) is 10.5. The molecule has 166 valence electrons. The number of allylic oxidation sites excluding steroid dienone is 1. The number of nitrogens with one attached hydrogen (secondary N) is 3. The Kier molecular flexibility index (Phi) is 6.38. The number of hydrazone groups is 1. The molecule has 0 spiro atoms. The van der Waals surface area contributed by atoms with E-state index >= 15 is 0 Å². The van der Waals surface area contributed by atoms with Gasteiger partial charge < -0.3 is 5.32 Å². The van der Waals surface area contributed by atoms with Crippen LogP contribution in [0.25, 0.3) is 4.91 Å². The average Bonchev–Trinajstić information content (AvgIpc) is 3.15. The molecule has 0 aromatic heterocycles. The van der Waals surface area contributed by atoms with E-state index in [1.807, 2.05) is 42.5 Å². The molecule has 0 fully saturated rings. The Morgan fingerprint density at radius 2 is 1.81 bits per heavy atom. The minimum Gasteiger partial charge on any atom is -0.354 e. The van der Waals surface area contributed by atoms with Crippen molar-refractivity contribution in [1.29, 1.82) is 0 Å². The lowest BCUT2D eigenvalue weighted by Crippen LogP contribution is -2.19. The Bertz CT molecular complexity index is 1250. The van der Waals surface area contributed by atoms with Crippen LogP contribution in [0, 0.1) is 0 Å². The molecule has 2 aliphatic rings. The number of rotatable bonds is 7. The van der Waals surface area contributed by atoms with Crippen molar-refractivity contribution in [2.24, 2.45) is 5.10 Å². The third-order valence-corrected chi connectivity index (χ3v) is 7.41. The fourth-order valence-corrected chi connectivity index (χ4v) is 5.07. The highest BCUT2D eigenvalue weighted by Gasteiger charge is 2.28. The molecule has 2 aliphatic heterocycles. The molecule has 7 nitrogen and oxygen atoms in total. The van der Waals surface area contributed by atoms with Gasteiger partial charge in [0.05, 0.1) is 22.7 Å². The average molecular weight is 469 g/mol. The van der Waals surface area contributed by atoms with Gasteiger partial charge in [-0.15, -0.1) is 0 Å². The van der Waals surface area contributed by atoms with Crippen LogP contribution in [0.4, 0.5) is 11.4 Å². The zero-order chi connectivity index (χ0) is 22.7. The maximum absolute atomic E-state index is 12.5. The minimum atomic E-state index is -3.32. The van der Waals surface area contributed by atoms with Crippen LogP contribution >= 0.6 is 11.8 Å². The molecule has 2 aromatic carbocycles. The molecule has 0 saturated carbocycles. The largest absolute Gasteiger partial charge is 0.354 e. The number of hydrogen-bond acceptors (Lipinski definition) is 6. The summed E-state index contributed by atoms with van der Waals surface area (Å²) in [6.07, 6.45) is 3.58. The monoisotopic (exact) mass is 468 g/mol. The maximum Gasteiger partial charge on any atom is 0.275 e. The van der Waals surface area contributed by atoms with E-state index < -0.39 is 10.0 Å². The van der Waals surface area contributed by atoms with Crippen LogP contribution in [0.3, 0.4) is 0 Å². The van der Waals surface area contributed by atoms with Crippen LogP contribution in [0.2, 0.25) is 0 Å². The van der Waals surface area contributed by atoms with Crippen molar-refractivity contribution in [2.45, 2.75) is 31.6 Å².